The van der Waals surface area contributed by atoms with E-state index in [1.165, 1.54) is 5.56 Å². The summed E-state index contributed by atoms with van der Waals surface area (Å²) in [5.41, 5.74) is 2.71. The highest BCUT2D eigenvalue weighted by molar-refractivity contribution is 5.63. The van der Waals surface area contributed by atoms with Gasteiger partial charge in [0.2, 0.25) is 0 Å². The lowest BCUT2D eigenvalue weighted by Gasteiger charge is -2.44. The third-order valence-corrected chi connectivity index (χ3v) is 5.52. The summed E-state index contributed by atoms with van der Waals surface area (Å²) < 4.78 is 0. The van der Waals surface area contributed by atoms with Gasteiger partial charge < -0.3 is 10.3 Å². The van der Waals surface area contributed by atoms with Crippen LogP contribution in [0.2, 0.25) is 0 Å². The highest BCUT2D eigenvalue weighted by atomic mass is 16.6. The second-order valence-corrected chi connectivity index (χ2v) is 7.21. The van der Waals surface area contributed by atoms with Gasteiger partial charge in [-0.05, 0) is 43.6 Å². The van der Waals surface area contributed by atoms with E-state index in [-0.39, 0.29) is 10.8 Å². The van der Waals surface area contributed by atoms with Gasteiger partial charge in [-0.25, -0.2) is 0 Å². The van der Waals surface area contributed by atoms with Crippen molar-refractivity contribution in [3.05, 3.63) is 92.8 Å². The van der Waals surface area contributed by atoms with Crippen LogP contribution in [0.5, 0.6) is 0 Å². The summed E-state index contributed by atoms with van der Waals surface area (Å²) >= 11 is 0. The molecule has 2 aromatic carbocycles. The van der Waals surface area contributed by atoms with Crippen molar-refractivity contribution in [3.63, 3.8) is 0 Å². The van der Waals surface area contributed by atoms with Crippen LogP contribution in [0.4, 0.5) is 5.69 Å². The highest BCUT2D eigenvalue weighted by Gasteiger charge is 2.33. The Hall–Kier alpha value is -2.70. The van der Waals surface area contributed by atoms with Crippen molar-refractivity contribution in [2.45, 2.75) is 25.4 Å². The van der Waals surface area contributed by atoms with Gasteiger partial charge in [-0.1, -0.05) is 42.5 Å². The fraction of sp³-hybridized carbons (Fsp3) is 0.333. The minimum Gasteiger partial charge on any atom is -0.754 e. The fourth-order valence-corrected chi connectivity index (χ4v) is 4.09. The van der Waals surface area contributed by atoms with Crippen molar-refractivity contribution >= 4 is 5.69 Å². The third-order valence-electron chi connectivity index (χ3n) is 5.52. The predicted molar refractivity (Wildman–Crippen MR) is 105 cm³/mol. The number of nitro groups is 1. The van der Waals surface area contributed by atoms with E-state index in [0.29, 0.717) is 16.9 Å². The molecule has 2 aliphatic rings. The Balaban J connectivity index is 1.48. The molecule has 1 saturated heterocycles. The molecule has 0 bridgehead atoms. The molecule has 2 heterocycles. The second kappa shape index (κ2) is 7.50. The first-order chi connectivity index (χ1) is 13.1. The second-order valence-electron chi connectivity index (χ2n) is 7.21. The Morgan fingerprint density at radius 3 is 2.37 bits per heavy atom. The molecule has 140 valence electrons. The van der Waals surface area contributed by atoms with E-state index in [0.717, 1.165) is 37.5 Å². The van der Waals surface area contributed by atoms with Crippen LogP contribution in [0, 0.1) is 21.2 Å². The molecule has 0 spiro atoms. The summed E-state index contributed by atoms with van der Waals surface area (Å²) in [4.78, 5) is 13.6. The zero-order valence-electron chi connectivity index (χ0n) is 15.0. The summed E-state index contributed by atoms with van der Waals surface area (Å²) in [5.74, 6) is 0.0605. The number of para-hydroxylation sites is 1. The summed E-state index contributed by atoms with van der Waals surface area (Å²) in [6, 6.07) is 16.2. The zero-order chi connectivity index (χ0) is 18.8. The van der Waals surface area contributed by atoms with Crippen LogP contribution in [0.3, 0.4) is 0 Å². The Labute approximate surface area is 158 Å². The number of hydrogen-bond donors (Lipinski definition) is 0. The van der Waals surface area contributed by atoms with Crippen LogP contribution < -0.4 is 5.06 Å². The molecular weight excluding hydrogens is 342 g/mol. The topological polar surface area (TPSA) is 72.7 Å². The number of hydrogen-bond acceptors (Lipinski definition) is 5. The molecule has 1 atom stereocenters. The maximum absolute atomic E-state index is 12.9. The van der Waals surface area contributed by atoms with Crippen molar-refractivity contribution in [1.82, 2.24) is 4.90 Å². The first kappa shape index (κ1) is 17.7. The first-order valence-corrected chi connectivity index (χ1v) is 9.31. The van der Waals surface area contributed by atoms with Crippen molar-refractivity contribution in [2.24, 2.45) is 5.92 Å². The number of hydroxylamine groups is 1. The van der Waals surface area contributed by atoms with E-state index < -0.39 is 6.04 Å². The molecule has 0 radical (unpaired) electrons. The molecule has 1 unspecified atom stereocenters. The lowest BCUT2D eigenvalue weighted by Crippen LogP contribution is -2.37. The van der Waals surface area contributed by atoms with Crippen molar-refractivity contribution in [2.75, 3.05) is 18.2 Å². The van der Waals surface area contributed by atoms with E-state index in [1.54, 1.807) is 30.3 Å². The highest BCUT2D eigenvalue weighted by Crippen LogP contribution is 2.40. The number of anilines is 1. The number of allylic oxidation sites excluding steroid dienone is 1. The number of likely N-dealkylation sites (tertiary alicyclic amines) is 1. The van der Waals surface area contributed by atoms with Crippen molar-refractivity contribution in [1.29, 1.82) is 0 Å². The molecule has 2 aliphatic heterocycles. The lowest BCUT2D eigenvalue weighted by atomic mass is 9.88. The average molecular weight is 364 g/mol. The van der Waals surface area contributed by atoms with Gasteiger partial charge in [0.25, 0.3) is 6.04 Å². The number of benzene rings is 2. The molecule has 6 nitrogen and oxygen atoms in total. The van der Waals surface area contributed by atoms with E-state index in [1.807, 2.05) is 18.2 Å². The minimum atomic E-state index is -0.941. The Morgan fingerprint density at radius 2 is 1.67 bits per heavy atom. The van der Waals surface area contributed by atoms with Crippen LogP contribution >= 0.6 is 0 Å². The number of rotatable bonds is 4. The van der Waals surface area contributed by atoms with Gasteiger partial charge in [0, 0.05) is 34.8 Å². The molecule has 0 N–H and O–H groups in total. The minimum absolute atomic E-state index is 0.0605. The van der Waals surface area contributed by atoms with E-state index in [4.69, 9.17) is 0 Å². The summed E-state index contributed by atoms with van der Waals surface area (Å²) in [6.45, 7) is 2.67. The molecule has 0 aliphatic carbocycles. The zero-order valence-corrected chi connectivity index (χ0v) is 15.0. The molecule has 0 aromatic heterocycles. The first-order valence-electron chi connectivity index (χ1n) is 9.31. The number of nitrogens with zero attached hydrogens (tertiary/aromatic N) is 3. The SMILES string of the molecule is O=[N+]([O-])C1C=C(C2CCN(Cc3ccccc3)CC2)N([O-])c2ccccc21. The monoisotopic (exact) mass is 364 g/mol. The molecule has 1 fully saturated rings. The van der Waals surface area contributed by atoms with Gasteiger partial charge in [0.1, 0.15) is 0 Å². The molecular formula is C21H22N3O3-. The van der Waals surface area contributed by atoms with E-state index in [9.17, 15) is 15.3 Å². The van der Waals surface area contributed by atoms with Crippen LogP contribution in [0.25, 0.3) is 0 Å². The normalized spacial score (nSPS) is 20.9. The van der Waals surface area contributed by atoms with Gasteiger partial charge in [-0.15, -0.1) is 0 Å². The Morgan fingerprint density at radius 1 is 1.00 bits per heavy atom. The van der Waals surface area contributed by atoms with Gasteiger partial charge in [0.05, 0.1) is 5.56 Å². The molecule has 6 heteroatoms. The average Bonchev–Trinajstić information content (AvgIpc) is 2.70. The maximum atomic E-state index is 12.9. The molecule has 0 saturated carbocycles. The molecule has 27 heavy (non-hydrogen) atoms. The smallest absolute Gasteiger partial charge is 0.260 e. The summed E-state index contributed by atoms with van der Waals surface area (Å²) in [7, 11) is 0. The largest absolute Gasteiger partial charge is 0.754 e. The van der Waals surface area contributed by atoms with Gasteiger partial charge >= 0.3 is 0 Å². The van der Waals surface area contributed by atoms with Crippen LogP contribution in [0.1, 0.15) is 30.0 Å². The Kier molecular flexibility index (Phi) is 4.92. The van der Waals surface area contributed by atoms with Crippen LogP contribution in [-0.4, -0.2) is 22.9 Å². The predicted octanol–water partition coefficient (Wildman–Crippen LogP) is 4.12. The lowest BCUT2D eigenvalue weighted by molar-refractivity contribution is -0.515. The van der Waals surface area contributed by atoms with Gasteiger partial charge in [-0.3, -0.25) is 15.0 Å². The number of fused-ring (bicyclic) bond motifs is 1. The van der Waals surface area contributed by atoms with E-state index in [2.05, 4.69) is 17.0 Å². The van der Waals surface area contributed by atoms with Gasteiger partial charge in [-0.2, -0.15) is 0 Å². The van der Waals surface area contributed by atoms with Crippen LogP contribution in [-0.2, 0) is 6.54 Å². The van der Waals surface area contributed by atoms with Gasteiger partial charge in [0.15, 0.2) is 0 Å². The standard InChI is InChI=1S/C21H22N3O3/c25-23-19-9-5-4-8-18(19)21(24(26)27)14-20(23)17-10-12-22(13-11-17)15-16-6-2-1-3-7-16/h1-9,14,17,21H,10-13,15H2/q-1. The third kappa shape index (κ3) is 3.59. The van der Waals surface area contributed by atoms with Crippen molar-refractivity contribution < 1.29 is 4.92 Å². The van der Waals surface area contributed by atoms with E-state index >= 15 is 0 Å². The quantitative estimate of drug-likeness (QED) is 0.603. The Bertz CT molecular complexity index is 845. The summed E-state index contributed by atoms with van der Waals surface area (Å²) in [5, 5.41) is 25.3. The maximum Gasteiger partial charge on any atom is 0.260 e. The molecule has 2 aromatic rings. The molecule has 4 rings (SSSR count). The summed E-state index contributed by atoms with van der Waals surface area (Å²) in [6.07, 6.45) is 3.24. The molecule has 0 amide bonds. The number of piperidine rings is 1. The fourth-order valence-electron chi connectivity index (χ4n) is 4.09. The van der Waals surface area contributed by atoms with Crippen LogP contribution in [0.15, 0.2) is 66.4 Å². The van der Waals surface area contributed by atoms with Crippen molar-refractivity contribution in [3.8, 4) is 0 Å².